The Hall–Kier alpha value is -3.36. The molecule has 0 fully saturated rings. The van der Waals surface area contributed by atoms with Crippen molar-refractivity contribution in [2.75, 3.05) is 17.4 Å². The molecule has 0 radical (unpaired) electrons. The minimum atomic E-state index is -4.16. The summed E-state index contributed by atoms with van der Waals surface area (Å²) in [4.78, 5) is 29.0. The van der Waals surface area contributed by atoms with E-state index in [0.29, 0.717) is 29.2 Å². The number of rotatable bonds is 13. The predicted molar refractivity (Wildman–Crippen MR) is 166 cm³/mol. The zero-order valence-corrected chi connectivity index (χ0v) is 26.1. The van der Waals surface area contributed by atoms with Crippen LogP contribution in [0.15, 0.2) is 71.6 Å². The van der Waals surface area contributed by atoms with Crippen molar-refractivity contribution in [3.63, 3.8) is 0 Å². The van der Waals surface area contributed by atoms with Gasteiger partial charge < -0.3 is 10.2 Å². The van der Waals surface area contributed by atoms with Crippen molar-refractivity contribution < 1.29 is 18.0 Å². The first-order chi connectivity index (χ1) is 19.5. The fourth-order valence-corrected chi connectivity index (χ4v) is 6.17. The molecular weight excluding hydrogens is 558 g/mol. The molecule has 0 spiro atoms. The van der Waals surface area contributed by atoms with Gasteiger partial charge in [0.15, 0.2) is 0 Å². The summed E-state index contributed by atoms with van der Waals surface area (Å²) in [6, 6.07) is 18.4. The van der Waals surface area contributed by atoms with Crippen molar-refractivity contribution in [1.29, 1.82) is 0 Å². The van der Waals surface area contributed by atoms with Crippen molar-refractivity contribution in [2.45, 2.75) is 71.4 Å². The van der Waals surface area contributed by atoms with Crippen molar-refractivity contribution in [3.8, 4) is 0 Å². The molecule has 0 saturated carbocycles. The number of carbonyl (C=O) groups excluding carboxylic acids is 2. The van der Waals surface area contributed by atoms with Gasteiger partial charge in [-0.15, -0.1) is 0 Å². The Morgan fingerprint density at radius 3 is 2.10 bits per heavy atom. The second kappa shape index (κ2) is 14.5. The Labute approximate surface area is 249 Å². The number of halogens is 1. The number of aryl methyl sites for hydroxylation is 2. The fraction of sp³-hybridized carbons (Fsp3) is 0.375. The number of benzene rings is 3. The first-order valence-electron chi connectivity index (χ1n) is 14.0. The molecule has 9 heteroatoms. The average Bonchev–Trinajstić information content (AvgIpc) is 2.94. The van der Waals surface area contributed by atoms with Crippen LogP contribution in [0.3, 0.4) is 0 Å². The average molecular weight is 598 g/mol. The summed E-state index contributed by atoms with van der Waals surface area (Å²) in [6.45, 7) is 9.63. The van der Waals surface area contributed by atoms with E-state index in [0.717, 1.165) is 33.8 Å². The molecule has 220 valence electrons. The Bertz CT molecular complexity index is 1440. The van der Waals surface area contributed by atoms with Crippen LogP contribution in [0.2, 0.25) is 5.02 Å². The highest BCUT2D eigenvalue weighted by Crippen LogP contribution is 2.31. The molecule has 7 nitrogen and oxygen atoms in total. The molecule has 0 aliphatic carbocycles. The number of hydrogen-bond donors (Lipinski definition) is 1. The number of nitrogens with zero attached hydrogens (tertiary/aromatic N) is 2. The molecule has 0 aliphatic rings. The van der Waals surface area contributed by atoms with Gasteiger partial charge in [-0.2, -0.15) is 0 Å². The summed E-state index contributed by atoms with van der Waals surface area (Å²) in [7, 11) is -4.16. The van der Waals surface area contributed by atoms with Gasteiger partial charge in [-0.25, -0.2) is 8.42 Å². The van der Waals surface area contributed by atoms with Gasteiger partial charge in [0.2, 0.25) is 11.8 Å². The monoisotopic (exact) mass is 597 g/mol. The first kappa shape index (κ1) is 32.2. The van der Waals surface area contributed by atoms with Gasteiger partial charge in [0.1, 0.15) is 12.6 Å². The number of anilines is 1. The molecule has 3 aromatic rings. The second-order valence-corrected chi connectivity index (χ2v) is 12.6. The van der Waals surface area contributed by atoms with Crippen LogP contribution in [0.25, 0.3) is 0 Å². The van der Waals surface area contributed by atoms with Crippen molar-refractivity contribution in [1.82, 2.24) is 10.2 Å². The molecule has 1 N–H and O–H groups in total. The molecule has 3 aromatic carbocycles. The largest absolute Gasteiger partial charge is 0.354 e. The summed E-state index contributed by atoms with van der Waals surface area (Å²) >= 11 is 6.40. The van der Waals surface area contributed by atoms with Crippen molar-refractivity contribution in [2.24, 2.45) is 0 Å². The Balaban J connectivity index is 2.07. The summed E-state index contributed by atoms with van der Waals surface area (Å²) < 4.78 is 29.2. The highest BCUT2D eigenvalue weighted by atomic mass is 35.5. The normalized spacial score (nSPS) is 12.0. The molecule has 0 heterocycles. The highest BCUT2D eigenvalue weighted by Gasteiger charge is 2.34. The first-order valence-corrected chi connectivity index (χ1v) is 15.8. The number of nitrogens with one attached hydrogen (secondary N) is 1. The van der Waals surface area contributed by atoms with Crippen LogP contribution in [0.4, 0.5) is 5.69 Å². The molecule has 0 saturated heterocycles. The molecule has 0 bridgehead atoms. The van der Waals surface area contributed by atoms with Crippen LogP contribution in [0.1, 0.15) is 55.4 Å². The lowest BCUT2D eigenvalue weighted by atomic mass is 10.1. The third-order valence-electron chi connectivity index (χ3n) is 7.08. The van der Waals surface area contributed by atoms with E-state index in [9.17, 15) is 18.0 Å². The zero-order valence-electron chi connectivity index (χ0n) is 24.5. The third-order valence-corrected chi connectivity index (χ3v) is 9.27. The molecule has 2 amide bonds. The second-order valence-electron chi connectivity index (χ2n) is 10.3. The van der Waals surface area contributed by atoms with Crippen LogP contribution < -0.4 is 9.62 Å². The van der Waals surface area contributed by atoms with E-state index in [4.69, 9.17) is 11.6 Å². The van der Waals surface area contributed by atoms with Gasteiger partial charge in [0, 0.05) is 18.1 Å². The van der Waals surface area contributed by atoms with Gasteiger partial charge >= 0.3 is 0 Å². The molecule has 0 aromatic heterocycles. The van der Waals surface area contributed by atoms with E-state index < -0.39 is 28.5 Å². The molecule has 0 aliphatic heterocycles. The van der Waals surface area contributed by atoms with E-state index >= 15 is 0 Å². The smallest absolute Gasteiger partial charge is 0.264 e. The topological polar surface area (TPSA) is 86.8 Å². The lowest BCUT2D eigenvalue weighted by Crippen LogP contribution is -2.52. The van der Waals surface area contributed by atoms with E-state index in [1.165, 1.54) is 17.0 Å². The minimum absolute atomic E-state index is 0.0599. The number of amides is 2. The van der Waals surface area contributed by atoms with Gasteiger partial charge in [-0.3, -0.25) is 13.9 Å². The van der Waals surface area contributed by atoms with E-state index in [1.807, 2.05) is 52.0 Å². The number of hydrogen-bond acceptors (Lipinski definition) is 4. The summed E-state index contributed by atoms with van der Waals surface area (Å²) in [5, 5.41) is 3.33. The predicted octanol–water partition coefficient (Wildman–Crippen LogP) is 6.18. The van der Waals surface area contributed by atoms with Crippen LogP contribution in [-0.2, 0) is 26.2 Å². The van der Waals surface area contributed by atoms with Crippen LogP contribution in [0.5, 0.6) is 0 Å². The fourth-order valence-electron chi connectivity index (χ4n) is 4.53. The molecule has 3 rings (SSSR count). The summed E-state index contributed by atoms with van der Waals surface area (Å²) in [6.07, 6.45) is 2.12. The number of sulfonamides is 1. The van der Waals surface area contributed by atoms with Crippen LogP contribution in [-0.4, -0.2) is 44.3 Å². The third kappa shape index (κ3) is 8.11. The highest BCUT2D eigenvalue weighted by molar-refractivity contribution is 7.92. The quantitative estimate of drug-likeness (QED) is 0.238. The van der Waals surface area contributed by atoms with Crippen molar-refractivity contribution >= 4 is 39.1 Å². The minimum Gasteiger partial charge on any atom is -0.354 e. The standard InChI is InChI=1S/C32H40ClN3O4S/c1-6-8-20-34-32(38)29(7-2)35(21-26-16-12-23(3)13-17-26)31(37)22-36(30-11-9-10-28(33)25(30)5)41(39,40)27-18-14-24(4)15-19-27/h9-19,29H,6-8,20-22H2,1-5H3,(H,34,38)/t29-/m0/s1. The maximum absolute atomic E-state index is 14.2. The van der Waals surface area contributed by atoms with Gasteiger partial charge in [0.05, 0.1) is 10.6 Å². The van der Waals surface area contributed by atoms with E-state index in [2.05, 4.69) is 5.32 Å². The SMILES string of the molecule is CCCCNC(=O)[C@H](CC)N(Cc1ccc(C)cc1)C(=O)CN(c1cccc(Cl)c1C)S(=O)(=O)c1ccc(C)cc1. The Morgan fingerprint density at radius 2 is 1.51 bits per heavy atom. The van der Waals surface area contributed by atoms with E-state index in [-0.39, 0.29) is 17.3 Å². The van der Waals surface area contributed by atoms with Crippen LogP contribution in [0, 0.1) is 20.8 Å². The molecule has 41 heavy (non-hydrogen) atoms. The van der Waals surface area contributed by atoms with Gasteiger partial charge in [0.25, 0.3) is 10.0 Å². The van der Waals surface area contributed by atoms with Gasteiger partial charge in [-0.05, 0) is 69.0 Å². The summed E-state index contributed by atoms with van der Waals surface area (Å²) in [5.41, 5.74) is 3.67. The number of unbranched alkanes of at least 4 members (excludes halogenated alkanes) is 1. The lowest BCUT2D eigenvalue weighted by Gasteiger charge is -2.33. The number of carbonyl (C=O) groups is 2. The molecule has 1 atom stereocenters. The summed E-state index contributed by atoms with van der Waals surface area (Å²) in [5.74, 6) is -0.744. The Kier molecular flexibility index (Phi) is 11.4. The zero-order chi connectivity index (χ0) is 30.2. The molecule has 0 unspecified atom stereocenters. The van der Waals surface area contributed by atoms with Gasteiger partial charge in [-0.1, -0.05) is 85.5 Å². The maximum atomic E-state index is 14.2. The maximum Gasteiger partial charge on any atom is 0.264 e. The molecular formula is C32H40ClN3O4S. The Morgan fingerprint density at radius 1 is 0.902 bits per heavy atom. The van der Waals surface area contributed by atoms with E-state index in [1.54, 1.807) is 37.3 Å². The van der Waals surface area contributed by atoms with Crippen molar-refractivity contribution in [3.05, 3.63) is 94.0 Å². The lowest BCUT2D eigenvalue weighted by molar-refractivity contribution is -0.140. The van der Waals surface area contributed by atoms with Crippen LogP contribution >= 0.6 is 11.6 Å².